The minimum Gasteiger partial charge on any atom is -0.0837 e. The molecule has 0 atom stereocenters. The summed E-state index contributed by atoms with van der Waals surface area (Å²) in [5, 5.41) is 2.21. The van der Waals surface area contributed by atoms with Crippen molar-refractivity contribution < 1.29 is 0 Å². The van der Waals surface area contributed by atoms with Crippen molar-refractivity contribution in [3.63, 3.8) is 0 Å². The Kier molecular flexibility index (Phi) is 4.91. The molecule has 0 N–H and O–H groups in total. The average Bonchev–Trinajstić information content (AvgIpc) is 3.07. The number of rotatable bonds is 3. The maximum Gasteiger partial charge on any atom is 0.0484 e. The summed E-state index contributed by atoms with van der Waals surface area (Å²) in [6.07, 6.45) is 2.94. The average molecular weight is 398 g/mol. The lowest BCUT2D eigenvalue weighted by molar-refractivity contribution is 1.42. The van der Waals surface area contributed by atoms with E-state index < -0.39 is 0 Å². The van der Waals surface area contributed by atoms with E-state index in [4.69, 9.17) is 34.8 Å². The highest BCUT2D eigenvalue weighted by Gasteiger charge is 2.23. The summed E-state index contributed by atoms with van der Waals surface area (Å²) in [6, 6.07) is 23.7. The molecule has 0 aliphatic heterocycles. The molecule has 0 heterocycles. The Bertz CT molecular complexity index is 1040. The highest BCUT2D eigenvalue weighted by Crippen LogP contribution is 2.46. The van der Waals surface area contributed by atoms with Crippen molar-refractivity contribution in [1.29, 1.82) is 0 Å². The van der Waals surface area contributed by atoms with Crippen LogP contribution in [0.5, 0.6) is 0 Å². The molecular weight excluding hydrogens is 383 g/mol. The Morgan fingerprint density at radius 1 is 0.538 bits per heavy atom. The lowest BCUT2D eigenvalue weighted by atomic mass is 9.95. The van der Waals surface area contributed by atoms with Gasteiger partial charge in [-0.15, -0.1) is 0 Å². The first kappa shape index (κ1) is 17.4. The number of halogens is 3. The third kappa shape index (κ3) is 3.21. The van der Waals surface area contributed by atoms with Gasteiger partial charge in [-0.1, -0.05) is 89.4 Å². The summed E-state index contributed by atoms with van der Waals surface area (Å²) in [6.45, 7) is 0. The van der Waals surface area contributed by atoms with Crippen LogP contribution in [-0.2, 0) is 0 Å². The van der Waals surface area contributed by atoms with Gasteiger partial charge in [-0.3, -0.25) is 0 Å². The van der Waals surface area contributed by atoms with E-state index in [2.05, 4.69) is 12.1 Å². The lowest BCUT2D eigenvalue weighted by Gasteiger charge is -2.11. The minimum atomic E-state index is 0.726. The Morgan fingerprint density at radius 3 is 1.54 bits per heavy atom. The van der Waals surface area contributed by atoms with Gasteiger partial charge in [-0.2, -0.15) is 0 Å². The predicted molar refractivity (Wildman–Crippen MR) is 114 cm³/mol. The van der Waals surface area contributed by atoms with Crippen molar-refractivity contribution in [2.24, 2.45) is 0 Å². The fraction of sp³-hybridized carbons (Fsp3) is 0.0435. The van der Waals surface area contributed by atoms with E-state index in [9.17, 15) is 0 Å². The molecule has 26 heavy (non-hydrogen) atoms. The maximum absolute atomic E-state index is 6.51. The molecule has 128 valence electrons. The molecule has 4 rings (SSSR count). The summed E-state index contributed by atoms with van der Waals surface area (Å²) in [4.78, 5) is 0. The van der Waals surface area contributed by atoms with E-state index >= 15 is 0 Å². The fourth-order valence-electron chi connectivity index (χ4n) is 3.36. The lowest BCUT2D eigenvalue weighted by Crippen LogP contribution is -1.89. The van der Waals surface area contributed by atoms with Crippen LogP contribution in [0.4, 0.5) is 0 Å². The second kappa shape index (κ2) is 7.32. The topological polar surface area (TPSA) is 0 Å². The van der Waals surface area contributed by atoms with Gasteiger partial charge in [0.2, 0.25) is 0 Å². The molecular formula is C23H15Cl3. The number of allylic oxidation sites excluding steroid dienone is 4. The van der Waals surface area contributed by atoms with Crippen molar-refractivity contribution >= 4 is 51.5 Å². The predicted octanol–water partition coefficient (Wildman–Crippen LogP) is 8.04. The molecule has 0 saturated carbocycles. The zero-order valence-electron chi connectivity index (χ0n) is 13.8. The first-order valence-corrected chi connectivity index (χ1v) is 9.47. The van der Waals surface area contributed by atoms with Gasteiger partial charge in [-0.25, -0.2) is 0 Å². The van der Waals surface area contributed by atoms with Crippen LogP contribution in [0.3, 0.4) is 0 Å². The molecule has 1 aliphatic carbocycles. The van der Waals surface area contributed by atoms with Crippen LogP contribution in [-0.4, -0.2) is 0 Å². The summed E-state index contributed by atoms with van der Waals surface area (Å²) in [5.41, 5.74) is 6.51. The van der Waals surface area contributed by atoms with Gasteiger partial charge in [0.15, 0.2) is 0 Å². The SMILES string of the molecule is Clc1ccccc1C1=CC(c2ccccc2Cl)=C(c2ccccc2Cl)C1. The van der Waals surface area contributed by atoms with E-state index in [1.165, 1.54) is 11.1 Å². The van der Waals surface area contributed by atoms with Gasteiger partial charge in [0, 0.05) is 20.6 Å². The number of hydrogen-bond donors (Lipinski definition) is 0. The number of hydrogen-bond acceptors (Lipinski definition) is 0. The highest BCUT2D eigenvalue weighted by molar-refractivity contribution is 6.35. The van der Waals surface area contributed by atoms with E-state index in [-0.39, 0.29) is 0 Å². The molecule has 0 aromatic heterocycles. The van der Waals surface area contributed by atoms with Crippen LogP contribution >= 0.6 is 34.8 Å². The molecule has 3 heteroatoms. The molecule has 0 fully saturated rings. The first-order chi connectivity index (χ1) is 12.6. The number of benzene rings is 3. The van der Waals surface area contributed by atoms with E-state index in [1.54, 1.807) is 0 Å². The standard InChI is InChI=1S/C23H15Cl3/c24-21-10-4-1-7-16(21)15-13-19(17-8-2-5-11-22(17)25)20(14-15)18-9-3-6-12-23(18)26/h1-13H,14H2. The second-order valence-electron chi connectivity index (χ2n) is 6.18. The van der Waals surface area contributed by atoms with Gasteiger partial charge in [0.1, 0.15) is 0 Å². The normalized spacial score (nSPS) is 13.9. The van der Waals surface area contributed by atoms with E-state index in [0.717, 1.165) is 43.8 Å². The third-order valence-corrected chi connectivity index (χ3v) is 5.58. The summed E-state index contributed by atoms with van der Waals surface area (Å²) in [7, 11) is 0. The van der Waals surface area contributed by atoms with Crippen LogP contribution in [0.15, 0.2) is 78.9 Å². The Labute approximate surface area is 168 Å². The van der Waals surface area contributed by atoms with Gasteiger partial charge >= 0.3 is 0 Å². The Morgan fingerprint density at radius 2 is 1.00 bits per heavy atom. The minimum absolute atomic E-state index is 0.726. The van der Waals surface area contributed by atoms with Crippen molar-refractivity contribution in [2.45, 2.75) is 6.42 Å². The largest absolute Gasteiger partial charge is 0.0837 e. The third-order valence-electron chi connectivity index (χ3n) is 4.59. The van der Waals surface area contributed by atoms with Crippen LogP contribution in [0.2, 0.25) is 15.1 Å². The van der Waals surface area contributed by atoms with Gasteiger partial charge in [0.25, 0.3) is 0 Å². The smallest absolute Gasteiger partial charge is 0.0484 e. The molecule has 0 saturated heterocycles. The first-order valence-electron chi connectivity index (χ1n) is 8.33. The van der Waals surface area contributed by atoms with E-state index in [0.29, 0.717) is 0 Å². The molecule has 0 spiro atoms. The van der Waals surface area contributed by atoms with Crippen LogP contribution in [0.25, 0.3) is 16.7 Å². The zero-order valence-corrected chi connectivity index (χ0v) is 16.1. The fourth-order valence-corrected chi connectivity index (χ4v) is 4.10. The molecule has 3 aromatic carbocycles. The molecule has 0 radical (unpaired) electrons. The van der Waals surface area contributed by atoms with Crippen LogP contribution < -0.4 is 0 Å². The maximum atomic E-state index is 6.51. The molecule has 0 bridgehead atoms. The molecule has 3 aromatic rings. The van der Waals surface area contributed by atoms with Crippen molar-refractivity contribution in [1.82, 2.24) is 0 Å². The van der Waals surface area contributed by atoms with Crippen LogP contribution in [0, 0.1) is 0 Å². The van der Waals surface area contributed by atoms with Gasteiger partial charge in [-0.05, 0) is 58.5 Å². The zero-order chi connectivity index (χ0) is 18.1. The molecule has 1 aliphatic rings. The van der Waals surface area contributed by atoms with Gasteiger partial charge in [0.05, 0.1) is 0 Å². The molecule has 0 amide bonds. The second-order valence-corrected chi connectivity index (χ2v) is 7.40. The summed E-state index contributed by atoms with van der Waals surface area (Å²) in [5.74, 6) is 0. The molecule has 0 unspecified atom stereocenters. The summed E-state index contributed by atoms with van der Waals surface area (Å²) < 4.78 is 0. The monoisotopic (exact) mass is 396 g/mol. The summed E-state index contributed by atoms with van der Waals surface area (Å²) >= 11 is 19.4. The Hall–Kier alpha value is -1.99. The van der Waals surface area contributed by atoms with E-state index in [1.807, 2.05) is 66.7 Å². The quantitative estimate of drug-likeness (QED) is 0.419. The van der Waals surface area contributed by atoms with Crippen molar-refractivity contribution in [2.75, 3.05) is 0 Å². The van der Waals surface area contributed by atoms with Crippen molar-refractivity contribution in [3.05, 3.63) is 111 Å². The Balaban J connectivity index is 1.90. The molecule has 0 nitrogen and oxygen atoms in total. The van der Waals surface area contributed by atoms with Crippen LogP contribution in [0.1, 0.15) is 23.1 Å². The van der Waals surface area contributed by atoms with Crippen molar-refractivity contribution in [3.8, 4) is 0 Å². The highest BCUT2D eigenvalue weighted by atomic mass is 35.5. The van der Waals surface area contributed by atoms with Gasteiger partial charge < -0.3 is 0 Å².